The Hall–Kier alpha value is -0.910. The van der Waals surface area contributed by atoms with Gasteiger partial charge in [-0.15, -0.1) is 0 Å². The highest BCUT2D eigenvalue weighted by molar-refractivity contribution is 14.1. The van der Waals surface area contributed by atoms with Crippen molar-refractivity contribution in [2.24, 2.45) is 0 Å². The molecule has 0 fully saturated rings. The van der Waals surface area contributed by atoms with Crippen LogP contribution in [0.25, 0.3) is 11.0 Å². The first-order valence-electron chi connectivity index (χ1n) is 5.08. The van der Waals surface area contributed by atoms with Gasteiger partial charge in [0.1, 0.15) is 5.82 Å². The van der Waals surface area contributed by atoms with Gasteiger partial charge in [-0.2, -0.15) is 0 Å². The molecular weight excluding hydrogens is 315 g/mol. The van der Waals surface area contributed by atoms with Gasteiger partial charge in [-0.05, 0) is 18.2 Å². The van der Waals surface area contributed by atoms with Crippen LogP contribution in [0.4, 0.5) is 0 Å². The van der Waals surface area contributed by atoms with Crippen LogP contribution in [0.2, 0.25) is 0 Å². The van der Waals surface area contributed by atoms with Gasteiger partial charge in [0.05, 0.1) is 11.0 Å². The second-order valence-electron chi connectivity index (χ2n) is 4.84. The average molecular weight is 328 g/mol. The molecule has 0 saturated carbocycles. The van der Waals surface area contributed by atoms with E-state index in [1.807, 2.05) is 18.2 Å². The Morgan fingerprint density at radius 1 is 1.38 bits per heavy atom. The molecule has 0 saturated heterocycles. The number of carbonyl (C=O) groups is 1. The number of hydrogen-bond acceptors (Lipinski definition) is 2. The predicted molar refractivity (Wildman–Crippen MR) is 73.1 cm³/mol. The molecule has 1 N–H and O–H groups in total. The zero-order valence-corrected chi connectivity index (χ0v) is 11.6. The molecule has 4 heteroatoms. The zero-order valence-electron chi connectivity index (χ0n) is 9.47. The lowest BCUT2D eigenvalue weighted by Crippen LogP contribution is -2.12. The quantitative estimate of drug-likeness (QED) is 0.644. The summed E-state index contributed by atoms with van der Waals surface area (Å²) in [4.78, 5) is 19.0. The molecule has 1 heterocycles. The topological polar surface area (TPSA) is 45.8 Å². The van der Waals surface area contributed by atoms with E-state index in [0.717, 1.165) is 16.9 Å². The zero-order chi connectivity index (χ0) is 11.9. The monoisotopic (exact) mass is 328 g/mol. The lowest BCUT2D eigenvalue weighted by atomic mass is 9.96. The molecule has 0 atom stereocenters. The van der Waals surface area contributed by atoms with Gasteiger partial charge >= 0.3 is 0 Å². The van der Waals surface area contributed by atoms with Gasteiger partial charge in [0.2, 0.25) is 3.79 Å². The van der Waals surface area contributed by atoms with Crippen LogP contribution in [0.3, 0.4) is 0 Å². The Morgan fingerprint density at radius 2 is 2.06 bits per heavy atom. The van der Waals surface area contributed by atoms with E-state index in [2.05, 4.69) is 30.7 Å². The molecule has 0 bridgehead atoms. The van der Waals surface area contributed by atoms with Gasteiger partial charge in [0.25, 0.3) is 0 Å². The second-order valence-corrected chi connectivity index (χ2v) is 5.82. The van der Waals surface area contributed by atoms with Gasteiger partial charge in [0.15, 0.2) is 0 Å². The summed E-state index contributed by atoms with van der Waals surface area (Å²) in [7, 11) is 0. The van der Waals surface area contributed by atoms with E-state index in [1.165, 1.54) is 0 Å². The Kier molecular flexibility index (Phi) is 2.77. The van der Waals surface area contributed by atoms with Crippen LogP contribution in [0.5, 0.6) is 0 Å². The van der Waals surface area contributed by atoms with Gasteiger partial charge in [0, 0.05) is 33.6 Å². The van der Waals surface area contributed by atoms with Crippen molar-refractivity contribution in [1.29, 1.82) is 0 Å². The number of nitrogens with one attached hydrogen (secondary N) is 1. The number of hydrogen-bond donors (Lipinski definition) is 1. The van der Waals surface area contributed by atoms with Crippen LogP contribution in [0.1, 0.15) is 37.0 Å². The molecule has 0 amide bonds. The Balaban J connectivity index is 2.59. The third kappa shape index (κ3) is 2.11. The van der Waals surface area contributed by atoms with Crippen LogP contribution in [0, 0.1) is 0 Å². The molecule has 0 aliphatic heterocycles. The minimum Gasteiger partial charge on any atom is -0.342 e. The minimum atomic E-state index is -0.00643. The van der Waals surface area contributed by atoms with Gasteiger partial charge in [-0.1, -0.05) is 20.8 Å². The second kappa shape index (κ2) is 3.84. The smallest absolute Gasteiger partial charge is 0.222 e. The number of H-pyrrole nitrogens is 1. The molecule has 2 aromatic rings. The Morgan fingerprint density at radius 3 is 2.62 bits per heavy atom. The third-order valence-corrected chi connectivity index (χ3v) is 3.04. The Bertz CT molecular complexity index is 552. The third-order valence-electron chi connectivity index (χ3n) is 2.42. The summed E-state index contributed by atoms with van der Waals surface area (Å²) in [6.07, 6.45) is 0. The first-order valence-corrected chi connectivity index (χ1v) is 6.16. The number of halogens is 1. The molecule has 1 aromatic heterocycles. The van der Waals surface area contributed by atoms with Crippen molar-refractivity contribution in [3.8, 4) is 0 Å². The van der Waals surface area contributed by atoms with Crippen molar-refractivity contribution in [3.05, 3.63) is 29.6 Å². The van der Waals surface area contributed by atoms with Crippen LogP contribution in [-0.4, -0.2) is 13.8 Å². The summed E-state index contributed by atoms with van der Waals surface area (Å²) >= 11 is 1.79. The highest BCUT2D eigenvalue weighted by Crippen LogP contribution is 2.23. The number of aromatic amines is 1. The molecule has 0 aliphatic rings. The first-order chi connectivity index (χ1) is 7.38. The van der Waals surface area contributed by atoms with Crippen molar-refractivity contribution in [3.63, 3.8) is 0 Å². The summed E-state index contributed by atoms with van der Waals surface area (Å²) < 4.78 is 0.0415. The van der Waals surface area contributed by atoms with Crippen molar-refractivity contribution < 1.29 is 4.79 Å². The standard InChI is InChI=1S/C12H13IN2O/c1-12(2,3)11-14-8-5-4-7(10(13)16)6-9(8)15-11/h4-6H,1-3H3,(H,14,15). The van der Waals surface area contributed by atoms with Crippen LogP contribution in [-0.2, 0) is 5.41 Å². The molecule has 0 spiro atoms. The van der Waals surface area contributed by atoms with Crippen LogP contribution < -0.4 is 0 Å². The van der Waals surface area contributed by atoms with Crippen molar-refractivity contribution in [2.45, 2.75) is 26.2 Å². The van der Waals surface area contributed by atoms with Crippen LogP contribution >= 0.6 is 22.6 Å². The lowest BCUT2D eigenvalue weighted by Gasteiger charge is -2.13. The number of fused-ring (bicyclic) bond motifs is 1. The number of imidazole rings is 1. The van der Waals surface area contributed by atoms with E-state index in [0.29, 0.717) is 5.56 Å². The number of carbonyl (C=O) groups excluding carboxylic acids is 1. The van der Waals surface area contributed by atoms with E-state index >= 15 is 0 Å². The van der Waals surface area contributed by atoms with E-state index in [-0.39, 0.29) is 9.20 Å². The summed E-state index contributed by atoms with van der Waals surface area (Å²) in [5, 5.41) is 0. The maximum atomic E-state index is 11.2. The fraction of sp³-hybridized carbons (Fsp3) is 0.333. The van der Waals surface area contributed by atoms with Crippen molar-refractivity contribution in [1.82, 2.24) is 9.97 Å². The molecular formula is C12H13IN2O. The number of rotatable bonds is 1. The maximum absolute atomic E-state index is 11.2. The number of benzene rings is 1. The molecule has 0 radical (unpaired) electrons. The molecule has 1 aromatic carbocycles. The van der Waals surface area contributed by atoms with Crippen molar-refractivity contribution in [2.75, 3.05) is 0 Å². The SMILES string of the molecule is CC(C)(C)c1nc2cc(C(=O)I)ccc2[nH]1. The molecule has 0 unspecified atom stereocenters. The minimum absolute atomic E-state index is 0.00643. The van der Waals surface area contributed by atoms with Gasteiger partial charge in [-0.3, -0.25) is 4.79 Å². The number of aromatic nitrogens is 2. The first kappa shape index (κ1) is 11.6. The Labute approximate surface area is 108 Å². The maximum Gasteiger partial charge on any atom is 0.222 e. The summed E-state index contributed by atoms with van der Waals surface area (Å²) in [6.45, 7) is 6.32. The van der Waals surface area contributed by atoms with E-state index in [1.54, 1.807) is 22.6 Å². The lowest BCUT2D eigenvalue weighted by molar-refractivity contribution is 0.110. The van der Waals surface area contributed by atoms with Crippen LogP contribution in [0.15, 0.2) is 18.2 Å². The van der Waals surface area contributed by atoms with E-state index < -0.39 is 0 Å². The molecule has 0 aliphatic carbocycles. The van der Waals surface area contributed by atoms with Gasteiger partial charge < -0.3 is 4.98 Å². The fourth-order valence-corrected chi connectivity index (χ4v) is 1.82. The normalized spacial score (nSPS) is 12.0. The van der Waals surface area contributed by atoms with E-state index in [9.17, 15) is 4.79 Å². The molecule has 16 heavy (non-hydrogen) atoms. The summed E-state index contributed by atoms with van der Waals surface area (Å²) in [5.41, 5.74) is 2.52. The highest BCUT2D eigenvalue weighted by atomic mass is 127. The van der Waals surface area contributed by atoms with Gasteiger partial charge in [-0.25, -0.2) is 4.98 Å². The molecule has 2 rings (SSSR count). The summed E-state index contributed by atoms with van der Waals surface area (Å²) in [6, 6.07) is 5.56. The fourth-order valence-electron chi connectivity index (χ4n) is 1.48. The van der Waals surface area contributed by atoms with E-state index in [4.69, 9.17) is 0 Å². The highest BCUT2D eigenvalue weighted by Gasteiger charge is 2.18. The number of nitrogens with zero attached hydrogens (tertiary/aromatic N) is 1. The molecule has 84 valence electrons. The van der Waals surface area contributed by atoms with Crippen molar-refractivity contribution >= 4 is 37.4 Å². The largest absolute Gasteiger partial charge is 0.342 e. The molecule has 3 nitrogen and oxygen atoms in total. The summed E-state index contributed by atoms with van der Waals surface area (Å²) in [5.74, 6) is 0.945. The predicted octanol–water partition coefficient (Wildman–Crippen LogP) is 3.44. The average Bonchev–Trinajstić information content (AvgIpc) is 2.58.